The second-order valence-corrected chi connectivity index (χ2v) is 5.24. The van der Waals surface area contributed by atoms with Crippen molar-refractivity contribution in [2.24, 2.45) is 0 Å². The van der Waals surface area contributed by atoms with Gasteiger partial charge in [-0.2, -0.15) is 0 Å². The molecule has 2 aromatic rings. The van der Waals surface area contributed by atoms with Crippen LogP contribution in [0.1, 0.15) is 10.5 Å². The molecular formula is C13H9BrClF2N3O. The van der Waals surface area contributed by atoms with E-state index in [1.807, 2.05) is 0 Å². The van der Waals surface area contributed by atoms with Crippen LogP contribution in [0, 0.1) is 11.6 Å². The van der Waals surface area contributed by atoms with Crippen LogP contribution in [0.5, 0.6) is 0 Å². The molecule has 110 valence electrons. The summed E-state index contributed by atoms with van der Waals surface area (Å²) < 4.78 is 26.8. The maximum Gasteiger partial charge on any atom is 0.276 e. The SMILES string of the molecule is CNc1ccc(Cl)c(C(=O)Nc2c(F)cc(F)cc2Br)n1. The lowest BCUT2D eigenvalue weighted by Gasteiger charge is -2.10. The van der Waals surface area contributed by atoms with E-state index in [1.54, 1.807) is 13.1 Å². The number of hydrogen-bond acceptors (Lipinski definition) is 3. The molecule has 0 aliphatic carbocycles. The van der Waals surface area contributed by atoms with Crippen LogP contribution >= 0.6 is 27.5 Å². The Balaban J connectivity index is 2.35. The van der Waals surface area contributed by atoms with Crippen molar-refractivity contribution in [1.82, 2.24) is 4.98 Å². The van der Waals surface area contributed by atoms with E-state index in [0.29, 0.717) is 11.9 Å². The average Bonchev–Trinajstić information content (AvgIpc) is 2.43. The Kier molecular flexibility index (Phi) is 4.74. The van der Waals surface area contributed by atoms with Gasteiger partial charge in [-0.3, -0.25) is 4.79 Å². The summed E-state index contributed by atoms with van der Waals surface area (Å²) in [4.78, 5) is 16.1. The minimum atomic E-state index is -0.906. The Labute approximate surface area is 132 Å². The fourth-order valence-electron chi connectivity index (χ4n) is 1.57. The zero-order chi connectivity index (χ0) is 15.6. The minimum absolute atomic E-state index is 0.0702. The number of nitrogens with one attached hydrogen (secondary N) is 2. The van der Waals surface area contributed by atoms with E-state index in [9.17, 15) is 13.6 Å². The highest BCUT2D eigenvalue weighted by atomic mass is 79.9. The molecule has 2 rings (SSSR count). The summed E-state index contributed by atoms with van der Waals surface area (Å²) in [6.45, 7) is 0. The molecule has 1 aromatic carbocycles. The fraction of sp³-hybridized carbons (Fsp3) is 0.0769. The summed E-state index contributed by atoms with van der Waals surface area (Å²) in [5.41, 5.74) is -0.256. The Morgan fingerprint density at radius 2 is 2.05 bits per heavy atom. The predicted molar refractivity (Wildman–Crippen MR) is 80.8 cm³/mol. The molecule has 4 nitrogen and oxygen atoms in total. The van der Waals surface area contributed by atoms with Crippen LogP contribution in [-0.4, -0.2) is 17.9 Å². The fourth-order valence-corrected chi connectivity index (χ4v) is 2.27. The van der Waals surface area contributed by atoms with E-state index < -0.39 is 17.5 Å². The Bertz CT molecular complexity index is 689. The minimum Gasteiger partial charge on any atom is -0.373 e. The summed E-state index contributed by atoms with van der Waals surface area (Å²) >= 11 is 8.89. The van der Waals surface area contributed by atoms with Crippen molar-refractivity contribution in [2.75, 3.05) is 17.7 Å². The van der Waals surface area contributed by atoms with E-state index in [4.69, 9.17) is 11.6 Å². The molecule has 8 heteroatoms. The van der Waals surface area contributed by atoms with Gasteiger partial charge in [0.1, 0.15) is 17.3 Å². The Morgan fingerprint density at radius 3 is 2.67 bits per heavy atom. The van der Waals surface area contributed by atoms with Crippen molar-refractivity contribution >= 4 is 44.9 Å². The molecule has 1 amide bonds. The summed E-state index contributed by atoms with van der Waals surface area (Å²) in [5.74, 6) is -1.94. The molecule has 0 spiro atoms. The second kappa shape index (κ2) is 6.36. The van der Waals surface area contributed by atoms with Crippen LogP contribution in [0.2, 0.25) is 5.02 Å². The average molecular weight is 377 g/mol. The Hall–Kier alpha value is -1.73. The maximum atomic E-state index is 13.7. The summed E-state index contributed by atoms with van der Waals surface area (Å²) in [5, 5.41) is 5.19. The molecule has 0 bridgehead atoms. The largest absolute Gasteiger partial charge is 0.373 e. The van der Waals surface area contributed by atoms with Crippen molar-refractivity contribution in [1.29, 1.82) is 0 Å². The van der Waals surface area contributed by atoms with Gasteiger partial charge >= 0.3 is 0 Å². The lowest BCUT2D eigenvalue weighted by Crippen LogP contribution is -2.16. The third-order valence-electron chi connectivity index (χ3n) is 2.56. The number of hydrogen-bond donors (Lipinski definition) is 2. The van der Waals surface area contributed by atoms with Gasteiger partial charge in [0.2, 0.25) is 0 Å². The molecule has 0 saturated heterocycles. The van der Waals surface area contributed by atoms with Crippen LogP contribution in [-0.2, 0) is 0 Å². The molecule has 1 aromatic heterocycles. The number of aromatic nitrogens is 1. The van der Waals surface area contributed by atoms with E-state index in [2.05, 4.69) is 31.5 Å². The van der Waals surface area contributed by atoms with E-state index >= 15 is 0 Å². The smallest absolute Gasteiger partial charge is 0.276 e. The highest BCUT2D eigenvalue weighted by Crippen LogP contribution is 2.28. The van der Waals surface area contributed by atoms with Gasteiger partial charge in [-0.15, -0.1) is 0 Å². The van der Waals surface area contributed by atoms with E-state index in [1.165, 1.54) is 6.07 Å². The number of pyridine rings is 1. The van der Waals surface area contributed by atoms with Gasteiger partial charge in [-0.1, -0.05) is 11.6 Å². The van der Waals surface area contributed by atoms with Gasteiger partial charge < -0.3 is 10.6 Å². The number of carbonyl (C=O) groups is 1. The molecule has 0 atom stereocenters. The van der Waals surface area contributed by atoms with Crippen molar-refractivity contribution in [2.45, 2.75) is 0 Å². The predicted octanol–water partition coefficient (Wildman–Crippen LogP) is 4.07. The zero-order valence-corrected chi connectivity index (χ0v) is 13.0. The van der Waals surface area contributed by atoms with Crippen LogP contribution in [0.15, 0.2) is 28.7 Å². The number of rotatable bonds is 3. The first-order valence-corrected chi connectivity index (χ1v) is 6.89. The van der Waals surface area contributed by atoms with Gasteiger partial charge in [0.15, 0.2) is 5.82 Å². The van der Waals surface area contributed by atoms with Gasteiger partial charge in [0.05, 0.1) is 10.7 Å². The van der Waals surface area contributed by atoms with Gasteiger partial charge in [0.25, 0.3) is 5.91 Å². The second-order valence-electron chi connectivity index (χ2n) is 3.98. The highest BCUT2D eigenvalue weighted by molar-refractivity contribution is 9.10. The number of amides is 1. The molecular weight excluding hydrogens is 368 g/mol. The van der Waals surface area contributed by atoms with Crippen LogP contribution in [0.4, 0.5) is 20.3 Å². The summed E-state index contributed by atoms with van der Waals surface area (Å²) in [6.07, 6.45) is 0. The lowest BCUT2D eigenvalue weighted by molar-refractivity contribution is 0.102. The van der Waals surface area contributed by atoms with Crippen molar-refractivity contribution in [3.8, 4) is 0 Å². The Morgan fingerprint density at radius 1 is 1.33 bits per heavy atom. The number of benzene rings is 1. The molecule has 0 unspecified atom stereocenters. The first kappa shape index (κ1) is 15.7. The van der Waals surface area contributed by atoms with Gasteiger partial charge in [-0.05, 0) is 34.1 Å². The molecule has 0 radical (unpaired) electrons. The molecule has 2 N–H and O–H groups in total. The third-order valence-corrected chi connectivity index (χ3v) is 3.49. The number of anilines is 2. The van der Waals surface area contributed by atoms with Crippen molar-refractivity contribution in [3.63, 3.8) is 0 Å². The maximum absolute atomic E-state index is 13.7. The summed E-state index contributed by atoms with van der Waals surface area (Å²) in [6, 6.07) is 4.79. The van der Waals surface area contributed by atoms with Crippen molar-refractivity contribution < 1.29 is 13.6 Å². The molecule has 1 heterocycles. The van der Waals surface area contributed by atoms with Crippen LogP contribution in [0.25, 0.3) is 0 Å². The first-order valence-electron chi connectivity index (χ1n) is 5.72. The quantitative estimate of drug-likeness (QED) is 0.849. The number of carbonyl (C=O) groups excluding carboxylic acids is 1. The number of nitrogens with zero attached hydrogens (tertiary/aromatic N) is 1. The first-order chi connectivity index (χ1) is 9.92. The highest BCUT2D eigenvalue weighted by Gasteiger charge is 2.17. The molecule has 0 aliphatic heterocycles. The van der Waals surface area contributed by atoms with E-state index in [0.717, 1.165) is 6.07 Å². The summed E-state index contributed by atoms with van der Waals surface area (Å²) in [7, 11) is 1.63. The third kappa shape index (κ3) is 3.48. The van der Waals surface area contributed by atoms with Crippen LogP contribution in [0.3, 0.4) is 0 Å². The standard InChI is InChI=1S/C13H9BrClF2N3O/c1-18-10-3-2-8(15)12(19-10)13(21)20-11-7(14)4-6(16)5-9(11)17/h2-5H,1H3,(H,18,19)(H,20,21). The van der Waals surface area contributed by atoms with Gasteiger partial charge in [0, 0.05) is 17.6 Å². The monoisotopic (exact) mass is 375 g/mol. The topological polar surface area (TPSA) is 54.0 Å². The van der Waals surface area contributed by atoms with Crippen molar-refractivity contribution in [3.05, 3.63) is 51.1 Å². The molecule has 21 heavy (non-hydrogen) atoms. The van der Waals surface area contributed by atoms with E-state index in [-0.39, 0.29) is 20.9 Å². The molecule has 0 fully saturated rings. The lowest BCUT2D eigenvalue weighted by atomic mass is 10.2. The molecule has 0 aliphatic rings. The van der Waals surface area contributed by atoms with Crippen LogP contribution < -0.4 is 10.6 Å². The normalized spacial score (nSPS) is 10.3. The molecule has 0 saturated carbocycles. The zero-order valence-electron chi connectivity index (χ0n) is 10.7. The van der Waals surface area contributed by atoms with Gasteiger partial charge in [-0.25, -0.2) is 13.8 Å². The number of halogens is 4.